The van der Waals surface area contributed by atoms with Gasteiger partial charge in [-0.2, -0.15) is 0 Å². The summed E-state index contributed by atoms with van der Waals surface area (Å²) >= 11 is 0. The van der Waals surface area contributed by atoms with Crippen LogP contribution >= 0.6 is 0 Å². The van der Waals surface area contributed by atoms with Crippen molar-refractivity contribution in [1.29, 1.82) is 0 Å². The fourth-order valence-corrected chi connectivity index (χ4v) is 5.20. The molecule has 0 spiro atoms. The Labute approximate surface area is 241 Å². The van der Waals surface area contributed by atoms with Crippen molar-refractivity contribution in [3.8, 4) is 0 Å². The van der Waals surface area contributed by atoms with Crippen LogP contribution in [0.1, 0.15) is 0 Å². The number of hydrogen-bond acceptors (Lipinski definition) is 2. The lowest BCUT2D eigenvalue weighted by molar-refractivity contribution is 0.380. The molecule has 0 saturated carbocycles. The van der Waals surface area contributed by atoms with Crippen LogP contribution in [-0.4, -0.2) is 0 Å². The third kappa shape index (κ3) is 3.97. The van der Waals surface area contributed by atoms with E-state index in [1.54, 1.807) is 0 Å². The lowest BCUT2D eigenvalue weighted by Crippen LogP contribution is -2.33. The van der Waals surface area contributed by atoms with E-state index in [2.05, 4.69) is 13.2 Å². The van der Waals surface area contributed by atoms with E-state index in [0.717, 1.165) is 17.0 Å². The maximum Gasteiger partial charge on any atom is 0.200 e. The van der Waals surface area contributed by atoms with Gasteiger partial charge in [-0.15, -0.1) is 0 Å². The minimum Gasteiger partial charge on any atom is -0.304 e. The van der Waals surface area contributed by atoms with Gasteiger partial charge in [0.1, 0.15) is 11.4 Å². The number of hydrogen-bond donors (Lipinski definition) is 0. The fourth-order valence-electron chi connectivity index (χ4n) is 5.20. The summed E-state index contributed by atoms with van der Waals surface area (Å²) in [6.45, 7) is 7.46. The monoisotopic (exact) mass is 616 g/mol. The fraction of sp³-hybridized carbons (Fsp3) is 0. The minimum atomic E-state index is -2.39. The summed E-state index contributed by atoms with van der Waals surface area (Å²) in [5.41, 5.74) is -3.58. The van der Waals surface area contributed by atoms with Crippen molar-refractivity contribution >= 4 is 51.5 Å². The molecule has 44 heavy (non-hydrogen) atoms. The Hall–Kier alpha value is -5.26. The summed E-state index contributed by atoms with van der Waals surface area (Å²) in [6, 6.07) is 11.7. The van der Waals surface area contributed by atoms with Gasteiger partial charge in [0.15, 0.2) is 46.5 Å². The zero-order valence-electron chi connectivity index (χ0n) is 21.9. The van der Waals surface area contributed by atoms with Gasteiger partial charge >= 0.3 is 0 Å². The zero-order valence-corrected chi connectivity index (χ0v) is 21.9. The second-order valence-corrected chi connectivity index (χ2v) is 9.62. The van der Waals surface area contributed by atoms with Gasteiger partial charge in [0.2, 0.25) is 11.6 Å². The molecule has 4 bridgehead atoms. The summed E-state index contributed by atoms with van der Waals surface area (Å²) in [5.74, 6) is -22.3. The van der Waals surface area contributed by atoms with E-state index < -0.39 is 69.5 Å². The van der Waals surface area contributed by atoms with E-state index in [-0.39, 0.29) is 38.6 Å². The molecule has 12 heteroatoms. The predicted molar refractivity (Wildman–Crippen MR) is 145 cm³/mol. The standard InChI is InChI=1S/C32H14F10N2/c1-3-19-17-11-15(9-7-13(17)2)44(32-29(41)25(37)22(34)26(38)30(32)42)20-6-4-5-14-8-10-16(12-18(14)20)43(19)31-27(39)23(35)21(33)24(36)28(31)40/h3-12H,1-2H2/b19-17+. The number of anilines is 5. The Morgan fingerprint density at radius 1 is 0.523 bits per heavy atom. The predicted octanol–water partition coefficient (Wildman–Crippen LogP) is 8.56. The molecule has 0 atom stereocenters. The quantitative estimate of drug-likeness (QED) is 0.114. The Morgan fingerprint density at radius 2 is 1.00 bits per heavy atom. The first-order valence-corrected chi connectivity index (χ1v) is 12.5. The lowest BCUT2D eigenvalue weighted by Gasteiger charge is -2.32. The molecular weight excluding hydrogens is 602 g/mol. The van der Waals surface area contributed by atoms with Crippen LogP contribution in [0, 0.1) is 58.2 Å². The Balaban J connectivity index is 1.85. The first-order chi connectivity index (χ1) is 20.9. The third-order valence-electron chi connectivity index (χ3n) is 7.22. The van der Waals surface area contributed by atoms with Crippen LogP contribution in [0.4, 0.5) is 72.3 Å². The second-order valence-electron chi connectivity index (χ2n) is 9.62. The highest BCUT2D eigenvalue weighted by atomic mass is 19.2. The molecule has 222 valence electrons. The maximum absolute atomic E-state index is 15.3. The molecule has 0 N–H and O–H groups in total. The highest BCUT2D eigenvalue weighted by Crippen LogP contribution is 2.45. The molecule has 2 nitrogen and oxygen atoms in total. The van der Waals surface area contributed by atoms with E-state index in [1.165, 1.54) is 48.5 Å². The minimum absolute atomic E-state index is 0.0355. The molecular formula is C32H14F10N2. The second kappa shape index (κ2) is 10.2. The van der Waals surface area contributed by atoms with Crippen molar-refractivity contribution in [3.05, 3.63) is 136 Å². The Bertz CT molecular complexity index is 2140. The molecule has 0 radical (unpaired) electrons. The van der Waals surface area contributed by atoms with E-state index in [1.807, 2.05) is 0 Å². The van der Waals surface area contributed by atoms with Crippen LogP contribution in [-0.2, 0) is 0 Å². The third-order valence-corrected chi connectivity index (χ3v) is 7.22. The normalized spacial score (nSPS) is 14.0. The average Bonchev–Trinajstić information content (AvgIpc) is 3.02. The van der Waals surface area contributed by atoms with Crippen molar-refractivity contribution in [3.63, 3.8) is 0 Å². The molecule has 0 fully saturated rings. The van der Waals surface area contributed by atoms with Crippen molar-refractivity contribution < 1.29 is 43.9 Å². The van der Waals surface area contributed by atoms with Gasteiger partial charge in [0.05, 0.1) is 11.4 Å². The van der Waals surface area contributed by atoms with Crippen molar-refractivity contribution in [2.45, 2.75) is 0 Å². The Kier molecular flexibility index (Phi) is 6.67. The Morgan fingerprint density at radius 3 is 1.55 bits per heavy atom. The van der Waals surface area contributed by atoms with Crippen LogP contribution in [0.5, 0.6) is 0 Å². The van der Waals surface area contributed by atoms with Crippen LogP contribution in [0.25, 0.3) is 23.0 Å². The van der Waals surface area contributed by atoms with Crippen molar-refractivity contribution in [2.24, 2.45) is 0 Å². The molecule has 0 amide bonds. The summed E-state index contributed by atoms with van der Waals surface area (Å²) in [7, 11) is 0. The molecule has 0 unspecified atom stereocenters. The number of halogens is 10. The first-order valence-electron chi connectivity index (χ1n) is 12.5. The SMILES string of the molecule is C=C/C1=c2/cc(ccc2=C)N(c2c(F)c(F)c(F)c(F)c2F)c2cccc3ccc(cc23)N1c1c(F)c(F)c(F)c(F)c1F. The van der Waals surface area contributed by atoms with E-state index in [9.17, 15) is 26.3 Å². The van der Waals surface area contributed by atoms with Gasteiger partial charge in [-0.25, -0.2) is 43.9 Å². The van der Waals surface area contributed by atoms with Gasteiger partial charge in [-0.3, -0.25) is 0 Å². The van der Waals surface area contributed by atoms with Crippen LogP contribution in [0.3, 0.4) is 0 Å². The zero-order chi connectivity index (χ0) is 31.8. The van der Waals surface area contributed by atoms with E-state index in [4.69, 9.17) is 0 Å². The van der Waals surface area contributed by atoms with Crippen LogP contribution < -0.4 is 20.2 Å². The summed E-state index contributed by atoms with van der Waals surface area (Å²) in [6.07, 6.45) is 1.02. The van der Waals surface area contributed by atoms with E-state index in [0.29, 0.717) is 10.3 Å². The average molecular weight is 616 g/mol. The van der Waals surface area contributed by atoms with Gasteiger partial charge in [-0.1, -0.05) is 37.4 Å². The van der Waals surface area contributed by atoms with E-state index >= 15 is 17.6 Å². The van der Waals surface area contributed by atoms with Crippen LogP contribution in [0.2, 0.25) is 0 Å². The summed E-state index contributed by atoms with van der Waals surface area (Å²) < 4.78 is 147. The molecule has 1 aliphatic rings. The molecule has 1 aliphatic heterocycles. The van der Waals surface area contributed by atoms with Gasteiger partial charge in [0, 0.05) is 22.0 Å². The van der Waals surface area contributed by atoms with Gasteiger partial charge in [0.25, 0.3) is 0 Å². The maximum atomic E-state index is 15.3. The molecule has 6 rings (SSSR count). The van der Waals surface area contributed by atoms with Crippen molar-refractivity contribution in [1.82, 2.24) is 0 Å². The number of benzene rings is 5. The summed E-state index contributed by atoms with van der Waals surface area (Å²) in [5, 5.41) is 0.320. The molecule has 5 aromatic carbocycles. The molecule has 1 heterocycles. The van der Waals surface area contributed by atoms with Gasteiger partial charge < -0.3 is 9.80 Å². The highest BCUT2D eigenvalue weighted by Gasteiger charge is 2.34. The number of nitrogens with zero attached hydrogens (tertiary/aromatic N) is 2. The largest absolute Gasteiger partial charge is 0.304 e. The molecule has 0 aromatic heterocycles. The lowest BCUT2D eigenvalue weighted by atomic mass is 10.0. The van der Waals surface area contributed by atoms with Gasteiger partial charge in [-0.05, 0) is 47.0 Å². The topological polar surface area (TPSA) is 6.48 Å². The highest BCUT2D eigenvalue weighted by molar-refractivity contribution is 6.02. The summed E-state index contributed by atoms with van der Waals surface area (Å²) in [4.78, 5) is 1.47. The number of fused-ring (bicyclic) bond motifs is 3. The molecule has 0 aliphatic carbocycles. The van der Waals surface area contributed by atoms with Crippen molar-refractivity contribution in [2.75, 3.05) is 9.80 Å². The smallest absolute Gasteiger partial charge is 0.200 e. The van der Waals surface area contributed by atoms with Crippen LogP contribution in [0.15, 0.2) is 67.3 Å². The molecule has 5 aromatic rings. The first kappa shape index (κ1) is 28.8. The molecule has 0 saturated heterocycles. The number of rotatable bonds is 3.